The van der Waals surface area contributed by atoms with Crippen molar-refractivity contribution < 1.29 is 14.0 Å². The lowest BCUT2D eigenvalue weighted by Crippen LogP contribution is -2.42. The van der Waals surface area contributed by atoms with Crippen LogP contribution in [0.5, 0.6) is 0 Å². The van der Waals surface area contributed by atoms with E-state index in [-0.39, 0.29) is 24.3 Å². The van der Waals surface area contributed by atoms with Gasteiger partial charge in [-0.1, -0.05) is 17.7 Å². The second-order valence-electron chi connectivity index (χ2n) is 7.04. The van der Waals surface area contributed by atoms with Crippen molar-refractivity contribution in [2.45, 2.75) is 32.5 Å². The second kappa shape index (κ2) is 7.72. The molecule has 1 N–H and O–H groups in total. The Hall–Kier alpha value is -3.35. The lowest BCUT2D eigenvalue weighted by molar-refractivity contribution is -0.122. The zero-order valence-electron chi connectivity index (χ0n) is 15.7. The molecule has 4 rings (SSSR count). The van der Waals surface area contributed by atoms with Gasteiger partial charge in [0, 0.05) is 18.3 Å². The molecule has 2 aromatic heterocycles. The summed E-state index contributed by atoms with van der Waals surface area (Å²) in [6.07, 6.45) is 3.53. The summed E-state index contributed by atoms with van der Waals surface area (Å²) in [7, 11) is 0. The summed E-state index contributed by atoms with van der Waals surface area (Å²) in [5.74, 6) is 0.567. The predicted molar refractivity (Wildman–Crippen MR) is 102 cm³/mol. The van der Waals surface area contributed by atoms with Gasteiger partial charge in [0.1, 0.15) is 5.76 Å². The Morgan fingerprint density at radius 1 is 1.25 bits per heavy atom. The van der Waals surface area contributed by atoms with E-state index in [1.54, 1.807) is 23.4 Å². The molecular weight excluding hydrogens is 356 g/mol. The van der Waals surface area contributed by atoms with Gasteiger partial charge < -0.3 is 14.6 Å². The van der Waals surface area contributed by atoms with Crippen LogP contribution in [0.25, 0.3) is 0 Å². The van der Waals surface area contributed by atoms with Crippen LogP contribution in [0.2, 0.25) is 0 Å². The fraction of sp³-hybridized carbons (Fsp3) is 0.286. The van der Waals surface area contributed by atoms with Gasteiger partial charge in [-0.3, -0.25) is 14.3 Å². The quantitative estimate of drug-likeness (QED) is 0.740. The summed E-state index contributed by atoms with van der Waals surface area (Å²) in [5, 5.41) is 7.22. The number of fused-ring (bicyclic) bond motifs is 1. The van der Waals surface area contributed by atoms with Gasteiger partial charge in [0.05, 0.1) is 37.5 Å². The normalized spacial score (nSPS) is 15.9. The summed E-state index contributed by atoms with van der Waals surface area (Å²) in [5.41, 5.74) is 2.63. The van der Waals surface area contributed by atoms with E-state index in [1.807, 2.05) is 48.0 Å². The first kappa shape index (κ1) is 18.0. The summed E-state index contributed by atoms with van der Waals surface area (Å²) >= 11 is 0. The molecule has 0 spiro atoms. The average Bonchev–Trinajstić information content (AvgIpc) is 3.37. The topological polar surface area (TPSA) is 80.4 Å². The van der Waals surface area contributed by atoms with Crippen molar-refractivity contribution in [2.75, 3.05) is 6.54 Å². The lowest BCUT2D eigenvalue weighted by atomic mass is 10.1. The van der Waals surface area contributed by atoms with Crippen LogP contribution in [-0.4, -0.2) is 33.0 Å². The smallest absolute Gasteiger partial charge is 0.254 e. The van der Waals surface area contributed by atoms with Crippen molar-refractivity contribution in [3.8, 4) is 0 Å². The molecule has 7 heteroatoms. The number of benzene rings is 1. The van der Waals surface area contributed by atoms with E-state index in [2.05, 4.69) is 10.4 Å². The van der Waals surface area contributed by atoms with Crippen molar-refractivity contribution in [3.05, 3.63) is 77.5 Å². The predicted octanol–water partition coefficient (Wildman–Crippen LogP) is 2.69. The molecule has 0 bridgehead atoms. The molecule has 0 saturated heterocycles. The van der Waals surface area contributed by atoms with Crippen molar-refractivity contribution in [2.24, 2.45) is 0 Å². The van der Waals surface area contributed by atoms with Crippen LogP contribution in [0, 0.1) is 6.92 Å². The highest BCUT2D eigenvalue weighted by Crippen LogP contribution is 2.24. The van der Waals surface area contributed by atoms with Crippen LogP contribution in [0.4, 0.5) is 0 Å². The molecule has 28 heavy (non-hydrogen) atoms. The van der Waals surface area contributed by atoms with Crippen LogP contribution in [0.15, 0.2) is 59.3 Å². The molecule has 0 radical (unpaired) electrons. The molecule has 3 heterocycles. The van der Waals surface area contributed by atoms with Gasteiger partial charge in [0.2, 0.25) is 5.91 Å². The SMILES string of the molecule is Cc1cccc(C(=O)N2Cc3ccnn3[C@@H](CC(=O)NCc3ccco3)C2)c1. The standard InChI is InChI=1S/C21H22N4O3/c1-15-4-2-5-16(10-15)21(27)24-13-17-7-8-23-25(17)18(14-24)11-20(26)22-12-19-6-3-9-28-19/h2-10,18H,11-14H2,1H3,(H,22,26)/t18-/m0/s1. The van der Waals surface area contributed by atoms with Crippen LogP contribution in [0.1, 0.15) is 39.8 Å². The molecule has 0 fully saturated rings. The molecule has 1 aliphatic rings. The fourth-order valence-corrected chi connectivity index (χ4v) is 3.54. The van der Waals surface area contributed by atoms with Gasteiger partial charge in [-0.25, -0.2) is 0 Å². The molecule has 7 nitrogen and oxygen atoms in total. The Bertz CT molecular complexity index is 977. The maximum atomic E-state index is 13.0. The number of carbonyl (C=O) groups is 2. The maximum absolute atomic E-state index is 13.0. The highest BCUT2D eigenvalue weighted by atomic mass is 16.3. The number of amides is 2. The Morgan fingerprint density at radius 2 is 2.14 bits per heavy atom. The van der Waals surface area contributed by atoms with Crippen molar-refractivity contribution in [1.29, 1.82) is 0 Å². The Morgan fingerprint density at radius 3 is 2.93 bits per heavy atom. The molecule has 0 unspecified atom stereocenters. The number of nitrogens with one attached hydrogen (secondary N) is 1. The summed E-state index contributed by atoms with van der Waals surface area (Å²) in [6.45, 7) is 3.23. The number of rotatable bonds is 5. The van der Waals surface area contributed by atoms with Crippen molar-refractivity contribution in [3.63, 3.8) is 0 Å². The molecule has 1 aliphatic heterocycles. The summed E-state index contributed by atoms with van der Waals surface area (Å²) in [6, 6.07) is 12.9. The second-order valence-corrected chi connectivity index (χ2v) is 7.04. The van der Waals surface area contributed by atoms with Crippen LogP contribution in [-0.2, 0) is 17.9 Å². The largest absolute Gasteiger partial charge is 0.467 e. The number of hydrogen-bond acceptors (Lipinski definition) is 4. The van der Waals surface area contributed by atoms with E-state index < -0.39 is 0 Å². The van der Waals surface area contributed by atoms with Gasteiger partial charge >= 0.3 is 0 Å². The molecule has 2 amide bonds. The molecule has 1 aromatic carbocycles. The van der Waals surface area contributed by atoms with Gasteiger partial charge in [-0.05, 0) is 37.3 Å². The van der Waals surface area contributed by atoms with Crippen molar-refractivity contribution >= 4 is 11.8 Å². The zero-order valence-corrected chi connectivity index (χ0v) is 15.7. The number of furan rings is 1. The van der Waals surface area contributed by atoms with Crippen LogP contribution < -0.4 is 5.32 Å². The number of hydrogen-bond donors (Lipinski definition) is 1. The zero-order chi connectivity index (χ0) is 19.5. The third-order valence-electron chi connectivity index (χ3n) is 4.90. The van der Waals surface area contributed by atoms with Crippen molar-refractivity contribution in [1.82, 2.24) is 20.0 Å². The average molecular weight is 378 g/mol. The number of carbonyl (C=O) groups excluding carboxylic acids is 2. The monoisotopic (exact) mass is 378 g/mol. The van der Waals surface area contributed by atoms with Crippen LogP contribution >= 0.6 is 0 Å². The number of aromatic nitrogens is 2. The van der Waals surface area contributed by atoms with Gasteiger partial charge in [-0.15, -0.1) is 0 Å². The lowest BCUT2D eigenvalue weighted by Gasteiger charge is -2.33. The Balaban J connectivity index is 1.46. The third-order valence-corrected chi connectivity index (χ3v) is 4.90. The Labute approximate surface area is 162 Å². The fourth-order valence-electron chi connectivity index (χ4n) is 3.54. The third kappa shape index (κ3) is 3.83. The molecular formula is C21H22N4O3. The molecule has 3 aromatic rings. The van der Waals surface area contributed by atoms with E-state index in [0.717, 1.165) is 11.3 Å². The van der Waals surface area contributed by atoms with Gasteiger partial charge in [-0.2, -0.15) is 5.10 Å². The molecule has 1 atom stereocenters. The minimum atomic E-state index is -0.205. The highest BCUT2D eigenvalue weighted by Gasteiger charge is 2.30. The molecule has 144 valence electrons. The number of aryl methyl sites for hydroxylation is 1. The molecule has 0 saturated carbocycles. The Kier molecular flexibility index (Phi) is 4.97. The summed E-state index contributed by atoms with van der Waals surface area (Å²) in [4.78, 5) is 27.2. The van der Waals surface area contributed by atoms with Gasteiger partial charge in [0.25, 0.3) is 5.91 Å². The highest BCUT2D eigenvalue weighted by molar-refractivity contribution is 5.94. The molecule has 0 aliphatic carbocycles. The van der Waals surface area contributed by atoms with E-state index in [1.165, 1.54) is 0 Å². The first-order chi connectivity index (χ1) is 13.6. The van der Waals surface area contributed by atoms with E-state index >= 15 is 0 Å². The summed E-state index contributed by atoms with van der Waals surface area (Å²) < 4.78 is 7.09. The van der Waals surface area contributed by atoms with Gasteiger partial charge in [0.15, 0.2) is 0 Å². The van der Waals surface area contributed by atoms with E-state index in [0.29, 0.717) is 31.0 Å². The maximum Gasteiger partial charge on any atom is 0.254 e. The minimum absolute atomic E-state index is 0.0304. The first-order valence-electron chi connectivity index (χ1n) is 9.27. The minimum Gasteiger partial charge on any atom is -0.467 e. The van der Waals surface area contributed by atoms with E-state index in [9.17, 15) is 9.59 Å². The van der Waals surface area contributed by atoms with E-state index in [4.69, 9.17) is 4.42 Å². The number of nitrogens with zero attached hydrogens (tertiary/aromatic N) is 3. The van der Waals surface area contributed by atoms with Crippen LogP contribution in [0.3, 0.4) is 0 Å². The first-order valence-corrected chi connectivity index (χ1v) is 9.27.